The molecule has 1 rings (SSSR count). The fourth-order valence-electron chi connectivity index (χ4n) is 0.766. The van der Waals surface area contributed by atoms with Gasteiger partial charge in [0.25, 0.3) is 0 Å². The van der Waals surface area contributed by atoms with Crippen LogP contribution in [0.15, 0.2) is 29.2 Å². The molecule has 0 saturated heterocycles. The van der Waals surface area contributed by atoms with Gasteiger partial charge in [-0.15, -0.1) is 23.4 Å². The van der Waals surface area contributed by atoms with Crippen molar-refractivity contribution in [2.24, 2.45) is 0 Å². The van der Waals surface area contributed by atoms with E-state index in [9.17, 15) is 0 Å². The molecule has 0 aromatic heterocycles. The van der Waals surface area contributed by atoms with Crippen molar-refractivity contribution in [1.82, 2.24) is 0 Å². The van der Waals surface area contributed by atoms with Crippen molar-refractivity contribution in [3.8, 4) is 5.75 Å². The summed E-state index contributed by atoms with van der Waals surface area (Å²) in [5.74, 6) is 0.901. The minimum Gasteiger partial charge on any atom is -0.497 e. The highest BCUT2D eigenvalue weighted by atomic mass is 33.1. The van der Waals surface area contributed by atoms with Crippen molar-refractivity contribution >= 4 is 34.2 Å². The zero-order valence-corrected chi connectivity index (χ0v) is 9.22. The van der Waals surface area contributed by atoms with Gasteiger partial charge in [-0.2, -0.15) is 0 Å². The lowest BCUT2D eigenvalue weighted by atomic mass is 10.3. The van der Waals surface area contributed by atoms with Crippen LogP contribution in [0.1, 0.15) is 0 Å². The quantitative estimate of drug-likeness (QED) is 0.359. The summed E-state index contributed by atoms with van der Waals surface area (Å²) in [7, 11) is 3.20. The topological polar surface area (TPSA) is 9.23 Å². The van der Waals surface area contributed by atoms with Crippen LogP contribution in [0.5, 0.6) is 5.75 Å². The first-order valence-electron chi connectivity index (χ1n) is 3.40. The van der Waals surface area contributed by atoms with Crippen LogP contribution in [-0.2, 0) is 0 Å². The Hall–Kier alpha value is 0.0700. The molecule has 0 N–H and O–H groups in total. The van der Waals surface area contributed by atoms with E-state index in [1.807, 2.05) is 24.3 Å². The van der Waals surface area contributed by atoms with Crippen LogP contribution in [0.25, 0.3) is 0 Å². The van der Waals surface area contributed by atoms with Gasteiger partial charge in [-0.25, -0.2) is 0 Å². The normalized spacial score (nSPS) is 9.83. The van der Waals surface area contributed by atoms with Gasteiger partial charge < -0.3 is 4.74 Å². The number of rotatable bonds is 4. The Morgan fingerprint density at radius 1 is 1.33 bits per heavy atom. The Balaban J connectivity index is 2.53. The summed E-state index contributed by atoms with van der Waals surface area (Å²) >= 11 is 5.83. The molecule has 0 fully saturated rings. The number of thiol groups is 1. The Labute approximate surface area is 86.1 Å². The van der Waals surface area contributed by atoms with E-state index in [1.165, 1.54) is 15.7 Å². The van der Waals surface area contributed by atoms with Crippen molar-refractivity contribution in [1.29, 1.82) is 0 Å². The molecular weight excluding hydrogens is 208 g/mol. The fraction of sp³-hybridized carbons (Fsp3) is 0.250. The molecule has 4 heteroatoms. The number of hydrogen-bond donors (Lipinski definition) is 1. The summed E-state index contributed by atoms with van der Waals surface area (Å²) in [4.78, 5) is 1.25. The third kappa shape index (κ3) is 3.21. The Bertz CT molecular complexity index is 222. The highest BCUT2D eigenvalue weighted by molar-refractivity contribution is 8.70. The maximum absolute atomic E-state index is 5.04. The monoisotopic (exact) mass is 218 g/mol. The summed E-state index contributed by atoms with van der Waals surface area (Å²) in [5, 5.41) is 0.968. The van der Waals surface area contributed by atoms with Gasteiger partial charge in [0.15, 0.2) is 0 Å². The third-order valence-electron chi connectivity index (χ3n) is 1.34. The first-order chi connectivity index (χ1) is 5.86. The molecule has 0 amide bonds. The molecule has 1 aromatic rings. The molecule has 0 spiro atoms. The maximum atomic E-state index is 5.04. The lowest BCUT2D eigenvalue weighted by Gasteiger charge is -2.01. The lowest BCUT2D eigenvalue weighted by molar-refractivity contribution is 0.414. The second-order valence-electron chi connectivity index (χ2n) is 2.07. The Morgan fingerprint density at radius 2 is 2.00 bits per heavy atom. The molecule has 0 saturated carbocycles. The Kier molecular flexibility index (Phi) is 4.80. The van der Waals surface area contributed by atoms with Crippen LogP contribution in [0.3, 0.4) is 0 Å². The highest BCUT2D eigenvalue weighted by Crippen LogP contribution is 2.25. The van der Waals surface area contributed by atoms with Crippen LogP contribution < -0.4 is 4.74 Å². The number of ether oxygens (including phenoxy) is 1. The van der Waals surface area contributed by atoms with Crippen LogP contribution in [0, 0.1) is 0 Å². The largest absolute Gasteiger partial charge is 0.497 e. The van der Waals surface area contributed by atoms with Crippen LogP contribution in [0.4, 0.5) is 0 Å². The molecule has 0 radical (unpaired) electrons. The van der Waals surface area contributed by atoms with E-state index in [-0.39, 0.29) is 0 Å². The van der Waals surface area contributed by atoms with Gasteiger partial charge in [-0.3, -0.25) is 0 Å². The van der Waals surface area contributed by atoms with Crippen molar-refractivity contribution in [3.63, 3.8) is 0 Å². The van der Waals surface area contributed by atoms with E-state index in [0.29, 0.717) is 0 Å². The summed E-state index contributed by atoms with van der Waals surface area (Å²) in [5.41, 5.74) is 0. The van der Waals surface area contributed by atoms with E-state index in [0.717, 1.165) is 10.8 Å². The molecule has 0 aliphatic heterocycles. The average molecular weight is 218 g/mol. The van der Waals surface area contributed by atoms with E-state index in [4.69, 9.17) is 4.74 Å². The number of methoxy groups -OCH3 is 1. The average Bonchev–Trinajstić information content (AvgIpc) is 2.15. The van der Waals surface area contributed by atoms with Gasteiger partial charge in [-0.05, 0) is 24.3 Å². The summed E-state index contributed by atoms with van der Waals surface area (Å²) in [6.45, 7) is 0. The molecular formula is C8H10OS3. The maximum Gasteiger partial charge on any atom is 0.118 e. The first-order valence-corrected chi connectivity index (χ1v) is 6.42. The molecule has 12 heavy (non-hydrogen) atoms. The van der Waals surface area contributed by atoms with Crippen LogP contribution in [-0.4, -0.2) is 12.2 Å². The molecule has 0 bridgehead atoms. The molecule has 66 valence electrons. The minimum absolute atomic E-state index is 0.901. The molecule has 0 atom stereocenters. The predicted octanol–water partition coefficient (Wildman–Crippen LogP) is 3.32. The number of hydrogen-bond acceptors (Lipinski definition) is 4. The zero-order valence-electron chi connectivity index (χ0n) is 6.69. The lowest BCUT2D eigenvalue weighted by Crippen LogP contribution is -1.81. The minimum atomic E-state index is 0.901. The highest BCUT2D eigenvalue weighted by Gasteiger charge is 1.93. The summed E-state index contributed by atoms with van der Waals surface area (Å²) in [6.07, 6.45) is 0. The molecule has 1 aromatic carbocycles. The molecule has 0 heterocycles. The first kappa shape index (κ1) is 10.2. The van der Waals surface area contributed by atoms with Gasteiger partial charge in [0.2, 0.25) is 0 Å². The van der Waals surface area contributed by atoms with Crippen molar-refractivity contribution in [2.45, 2.75) is 4.90 Å². The summed E-state index contributed by atoms with van der Waals surface area (Å²) in [6, 6.07) is 8.03. The van der Waals surface area contributed by atoms with Gasteiger partial charge in [0.1, 0.15) is 5.75 Å². The van der Waals surface area contributed by atoms with E-state index < -0.39 is 0 Å². The molecule has 0 aliphatic rings. The SMILES string of the molecule is COc1ccc(SCSS)cc1. The molecule has 0 aliphatic carbocycles. The van der Waals surface area contributed by atoms with Gasteiger partial charge in [0, 0.05) is 4.90 Å². The van der Waals surface area contributed by atoms with Crippen molar-refractivity contribution in [2.75, 3.05) is 12.2 Å². The van der Waals surface area contributed by atoms with Gasteiger partial charge in [-0.1, -0.05) is 10.8 Å². The molecule has 0 unspecified atom stereocenters. The number of thioether (sulfide) groups is 1. The van der Waals surface area contributed by atoms with E-state index in [1.54, 1.807) is 18.9 Å². The van der Waals surface area contributed by atoms with Gasteiger partial charge in [0.05, 0.1) is 12.2 Å². The predicted molar refractivity (Wildman–Crippen MR) is 60.3 cm³/mol. The van der Waals surface area contributed by atoms with Crippen LogP contribution >= 0.6 is 34.2 Å². The zero-order chi connectivity index (χ0) is 8.81. The van der Waals surface area contributed by atoms with E-state index in [2.05, 4.69) is 11.7 Å². The smallest absolute Gasteiger partial charge is 0.118 e. The fourth-order valence-corrected chi connectivity index (χ4v) is 2.32. The second kappa shape index (κ2) is 5.67. The third-order valence-corrected chi connectivity index (χ3v) is 3.78. The van der Waals surface area contributed by atoms with Crippen molar-refractivity contribution in [3.05, 3.63) is 24.3 Å². The standard InChI is InChI=1S/C8H10OS3/c1-9-7-2-4-8(5-3-7)11-6-12-10/h2-5,10H,6H2,1H3. The summed E-state index contributed by atoms with van der Waals surface area (Å²) < 4.78 is 5.04. The van der Waals surface area contributed by atoms with E-state index >= 15 is 0 Å². The van der Waals surface area contributed by atoms with Crippen LogP contribution in [0.2, 0.25) is 0 Å². The van der Waals surface area contributed by atoms with Crippen molar-refractivity contribution < 1.29 is 4.74 Å². The van der Waals surface area contributed by atoms with Gasteiger partial charge >= 0.3 is 0 Å². The Morgan fingerprint density at radius 3 is 2.50 bits per heavy atom. The second-order valence-corrected chi connectivity index (χ2v) is 4.80. The molecule has 1 nitrogen and oxygen atoms in total. The number of benzene rings is 1.